The summed E-state index contributed by atoms with van der Waals surface area (Å²) in [4.78, 5) is 6.18. The molecule has 1 heterocycles. The van der Waals surface area contributed by atoms with Crippen molar-refractivity contribution in [1.82, 2.24) is 10.3 Å². The Hall–Kier alpha value is -1.23. The smallest absolute Gasteiger partial charge is 0.0967 e. The minimum Gasteiger partial charge on any atom is -0.378 e. The summed E-state index contributed by atoms with van der Waals surface area (Å²) >= 11 is 1.85. The zero-order chi connectivity index (χ0) is 14.7. The average molecular weight is 302 g/mol. The first-order valence-electron chi connectivity index (χ1n) is 7.50. The predicted octanol–water partition coefficient (Wildman–Crippen LogP) is 3.28. The molecule has 0 bridgehead atoms. The van der Waals surface area contributed by atoms with E-state index in [4.69, 9.17) is 9.72 Å². The first-order valence-corrected chi connectivity index (χ1v) is 8.32. The van der Waals surface area contributed by atoms with Crippen molar-refractivity contribution in [2.45, 2.75) is 38.3 Å². The van der Waals surface area contributed by atoms with Gasteiger partial charge in [0, 0.05) is 24.4 Å². The molecule has 0 saturated carbocycles. The van der Waals surface area contributed by atoms with Crippen LogP contribution in [0.2, 0.25) is 0 Å². The quantitative estimate of drug-likeness (QED) is 0.920. The molecule has 3 nitrogen and oxygen atoms in total. The van der Waals surface area contributed by atoms with Gasteiger partial charge in [0.1, 0.15) is 0 Å². The van der Waals surface area contributed by atoms with Crippen molar-refractivity contribution in [2.75, 3.05) is 14.2 Å². The lowest BCUT2D eigenvalue weighted by Gasteiger charge is -2.22. The number of fused-ring (bicyclic) bond motifs is 1. The highest BCUT2D eigenvalue weighted by Gasteiger charge is 2.23. The van der Waals surface area contributed by atoms with E-state index in [1.807, 2.05) is 18.4 Å². The summed E-state index contributed by atoms with van der Waals surface area (Å²) in [5, 5.41) is 4.51. The van der Waals surface area contributed by atoms with Crippen LogP contribution in [-0.4, -0.2) is 19.1 Å². The van der Waals surface area contributed by atoms with Crippen molar-refractivity contribution in [3.05, 3.63) is 51.0 Å². The average Bonchev–Trinajstić information content (AvgIpc) is 2.91. The van der Waals surface area contributed by atoms with Crippen LogP contribution >= 0.6 is 11.3 Å². The summed E-state index contributed by atoms with van der Waals surface area (Å²) in [7, 11) is 3.71. The molecule has 0 radical (unpaired) electrons. The number of hydrogen-bond donors (Lipinski definition) is 1. The number of benzene rings is 1. The van der Waals surface area contributed by atoms with Crippen LogP contribution in [0.3, 0.4) is 0 Å². The largest absolute Gasteiger partial charge is 0.378 e. The Morgan fingerprint density at radius 2 is 2.14 bits per heavy atom. The molecule has 1 aliphatic rings. The molecule has 1 N–H and O–H groups in total. The fourth-order valence-corrected chi connectivity index (χ4v) is 4.25. The lowest BCUT2D eigenvalue weighted by molar-refractivity contribution is 0.181. The third kappa shape index (κ3) is 3.18. The molecular formula is C17H22N2OS. The molecule has 0 amide bonds. The van der Waals surface area contributed by atoms with Crippen molar-refractivity contribution in [2.24, 2.45) is 0 Å². The molecule has 1 aromatic carbocycles. The van der Waals surface area contributed by atoms with Gasteiger partial charge >= 0.3 is 0 Å². The normalized spacial score (nSPS) is 17.7. The summed E-state index contributed by atoms with van der Waals surface area (Å²) in [6.45, 7) is 1.48. The molecule has 1 aromatic heterocycles. The summed E-state index contributed by atoms with van der Waals surface area (Å²) in [6, 6.07) is 8.81. The van der Waals surface area contributed by atoms with Crippen molar-refractivity contribution in [3.8, 4) is 0 Å². The second kappa shape index (κ2) is 6.69. The van der Waals surface area contributed by atoms with Gasteiger partial charge in [-0.25, -0.2) is 4.98 Å². The molecule has 2 aromatic rings. The summed E-state index contributed by atoms with van der Waals surface area (Å²) in [6.07, 6.45) is 3.49. The lowest BCUT2D eigenvalue weighted by Crippen LogP contribution is -2.12. The van der Waals surface area contributed by atoms with Gasteiger partial charge in [-0.15, -0.1) is 11.3 Å². The van der Waals surface area contributed by atoms with Crippen LogP contribution in [0.1, 0.15) is 39.0 Å². The van der Waals surface area contributed by atoms with E-state index in [-0.39, 0.29) is 0 Å². The fraction of sp³-hybridized carbons (Fsp3) is 0.471. The van der Waals surface area contributed by atoms with Crippen LogP contribution in [0.15, 0.2) is 24.3 Å². The van der Waals surface area contributed by atoms with Gasteiger partial charge in [-0.2, -0.15) is 0 Å². The molecular weight excluding hydrogens is 280 g/mol. The molecule has 0 saturated heterocycles. The number of methoxy groups -OCH3 is 1. The molecule has 0 fully saturated rings. The molecule has 0 aliphatic heterocycles. The van der Waals surface area contributed by atoms with Crippen molar-refractivity contribution in [1.29, 1.82) is 0 Å². The number of hydrogen-bond acceptors (Lipinski definition) is 4. The van der Waals surface area contributed by atoms with Gasteiger partial charge in [0.05, 0.1) is 17.3 Å². The van der Waals surface area contributed by atoms with Gasteiger partial charge in [-0.1, -0.05) is 24.3 Å². The van der Waals surface area contributed by atoms with Crippen LogP contribution in [0, 0.1) is 0 Å². The molecule has 21 heavy (non-hydrogen) atoms. The second-order valence-electron chi connectivity index (χ2n) is 5.59. The maximum Gasteiger partial charge on any atom is 0.0967 e. The van der Waals surface area contributed by atoms with E-state index in [2.05, 4.69) is 29.6 Å². The highest BCUT2D eigenvalue weighted by Crippen LogP contribution is 2.35. The zero-order valence-electron chi connectivity index (χ0n) is 12.7. The van der Waals surface area contributed by atoms with Crippen LogP contribution in [0.5, 0.6) is 0 Å². The maximum atomic E-state index is 5.29. The molecule has 112 valence electrons. The molecule has 0 spiro atoms. The van der Waals surface area contributed by atoms with Gasteiger partial charge in [0.15, 0.2) is 0 Å². The van der Waals surface area contributed by atoms with Crippen molar-refractivity contribution < 1.29 is 4.74 Å². The molecule has 1 aliphatic carbocycles. The number of nitrogens with one attached hydrogen (secondary N) is 1. The Kier molecular flexibility index (Phi) is 4.68. The number of ether oxygens (including phenoxy) is 1. The number of aromatic nitrogens is 1. The highest BCUT2D eigenvalue weighted by molar-refractivity contribution is 7.11. The van der Waals surface area contributed by atoms with Crippen LogP contribution in [0.4, 0.5) is 0 Å². The van der Waals surface area contributed by atoms with Crippen molar-refractivity contribution >= 4 is 11.3 Å². The highest BCUT2D eigenvalue weighted by atomic mass is 32.1. The number of rotatable bonds is 5. The summed E-state index contributed by atoms with van der Waals surface area (Å²) in [5.74, 6) is 0.561. The number of nitrogens with zero attached hydrogens (tertiary/aromatic N) is 1. The Bertz CT molecular complexity index is 585. The topological polar surface area (TPSA) is 34.2 Å². The van der Waals surface area contributed by atoms with Crippen LogP contribution in [-0.2, 0) is 30.7 Å². The third-order valence-corrected chi connectivity index (χ3v) is 5.37. The van der Waals surface area contributed by atoms with Gasteiger partial charge in [-0.05, 0) is 37.4 Å². The Morgan fingerprint density at radius 3 is 2.90 bits per heavy atom. The maximum absolute atomic E-state index is 5.29. The standard InChI is InChI=1S/C17H22N2OS/c1-18-10-16-15(11-20-2)19-17(21-16)14-8-7-12-5-3-4-6-13(12)9-14/h3-6,14,18H,7-11H2,1-2H3. The minimum absolute atomic E-state index is 0.561. The van der Waals surface area contributed by atoms with Crippen LogP contribution in [0.25, 0.3) is 0 Å². The van der Waals surface area contributed by atoms with E-state index >= 15 is 0 Å². The van der Waals surface area contributed by atoms with Crippen molar-refractivity contribution in [3.63, 3.8) is 0 Å². The van der Waals surface area contributed by atoms with E-state index in [1.54, 1.807) is 7.11 Å². The Labute approximate surface area is 130 Å². The molecule has 1 atom stereocenters. The lowest BCUT2D eigenvalue weighted by atomic mass is 9.84. The van der Waals surface area contributed by atoms with E-state index in [0.717, 1.165) is 18.7 Å². The fourth-order valence-electron chi connectivity index (χ4n) is 3.03. The van der Waals surface area contributed by atoms with E-state index in [9.17, 15) is 0 Å². The van der Waals surface area contributed by atoms with Gasteiger partial charge in [-0.3, -0.25) is 0 Å². The van der Waals surface area contributed by atoms with E-state index < -0.39 is 0 Å². The number of thiazole rings is 1. The molecule has 4 heteroatoms. The first kappa shape index (κ1) is 14.7. The Morgan fingerprint density at radius 1 is 1.33 bits per heavy atom. The van der Waals surface area contributed by atoms with Gasteiger partial charge in [0.25, 0.3) is 0 Å². The summed E-state index contributed by atoms with van der Waals surface area (Å²) in [5.41, 5.74) is 4.11. The second-order valence-corrected chi connectivity index (χ2v) is 6.71. The SMILES string of the molecule is CNCc1sc(C2CCc3ccccc3C2)nc1COC. The van der Waals surface area contributed by atoms with Crippen LogP contribution < -0.4 is 5.32 Å². The van der Waals surface area contributed by atoms with E-state index in [1.165, 1.54) is 33.9 Å². The van der Waals surface area contributed by atoms with Gasteiger partial charge < -0.3 is 10.1 Å². The first-order chi connectivity index (χ1) is 10.3. The summed E-state index contributed by atoms with van der Waals surface area (Å²) < 4.78 is 5.29. The third-order valence-electron chi connectivity index (χ3n) is 4.11. The van der Waals surface area contributed by atoms with E-state index in [0.29, 0.717) is 12.5 Å². The van der Waals surface area contributed by atoms with Gasteiger partial charge in [0.2, 0.25) is 0 Å². The Balaban J connectivity index is 1.83. The predicted molar refractivity (Wildman–Crippen MR) is 86.8 cm³/mol. The number of aryl methyl sites for hydroxylation is 1. The monoisotopic (exact) mass is 302 g/mol. The molecule has 1 unspecified atom stereocenters. The minimum atomic E-state index is 0.561. The zero-order valence-corrected chi connectivity index (χ0v) is 13.5. The molecule has 3 rings (SSSR count).